The van der Waals surface area contributed by atoms with Crippen LogP contribution < -0.4 is 16.0 Å². The number of pyridine rings is 1. The van der Waals surface area contributed by atoms with E-state index in [1.807, 2.05) is 6.92 Å². The van der Waals surface area contributed by atoms with E-state index in [1.54, 1.807) is 49.0 Å². The maximum atomic E-state index is 13.3. The smallest absolute Gasteiger partial charge is 0.254 e. The molecular formula is C22H28FN7O2. The third kappa shape index (κ3) is 4.96. The highest BCUT2D eigenvalue weighted by atomic mass is 19.1. The van der Waals surface area contributed by atoms with Crippen molar-refractivity contribution in [2.45, 2.75) is 51.4 Å². The summed E-state index contributed by atoms with van der Waals surface area (Å²) in [7, 11) is 0. The summed E-state index contributed by atoms with van der Waals surface area (Å²) in [6.07, 6.45) is 4.92. The zero-order valence-electron chi connectivity index (χ0n) is 18.3. The van der Waals surface area contributed by atoms with E-state index >= 15 is 0 Å². The van der Waals surface area contributed by atoms with Crippen molar-refractivity contribution in [1.82, 2.24) is 24.9 Å². The lowest BCUT2D eigenvalue weighted by atomic mass is 9.90. The topological polar surface area (TPSA) is 116 Å². The number of halogens is 1. The van der Waals surface area contributed by atoms with Gasteiger partial charge in [0.05, 0.1) is 23.0 Å². The fraction of sp³-hybridized carbons (Fsp3) is 0.455. The molecule has 0 radical (unpaired) electrons. The second kappa shape index (κ2) is 8.70. The first-order chi connectivity index (χ1) is 15.2. The van der Waals surface area contributed by atoms with Crippen molar-refractivity contribution in [1.29, 1.82) is 0 Å². The summed E-state index contributed by atoms with van der Waals surface area (Å²) in [5, 5.41) is 23.5. The summed E-state index contributed by atoms with van der Waals surface area (Å²) in [6, 6.07) is 5.25. The van der Waals surface area contributed by atoms with Crippen molar-refractivity contribution < 1.29 is 14.3 Å². The molecule has 9 nitrogen and oxygen atoms in total. The lowest BCUT2D eigenvalue weighted by Crippen LogP contribution is -2.40. The number of nitrogens with one attached hydrogen (secondary N) is 3. The number of anilines is 3. The molecule has 3 aromatic heterocycles. The van der Waals surface area contributed by atoms with Crippen LogP contribution in [0.1, 0.15) is 44.0 Å². The molecule has 0 spiro atoms. The van der Waals surface area contributed by atoms with E-state index in [0.717, 1.165) is 0 Å². The molecule has 1 aliphatic carbocycles. The minimum Gasteiger partial charge on any atom is -0.390 e. The number of nitrogens with zero attached hydrogens (tertiary/aromatic N) is 4. The van der Waals surface area contributed by atoms with Crippen molar-refractivity contribution in [3.05, 3.63) is 42.4 Å². The Kier molecular flexibility index (Phi) is 5.96. The van der Waals surface area contributed by atoms with E-state index in [4.69, 9.17) is 0 Å². The van der Waals surface area contributed by atoms with Crippen LogP contribution in [0.2, 0.25) is 0 Å². The average Bonchev–Trinajstić information content (AvgIpc) is 3.18. The molecule has 4 N–H and O–H groups in total. The molecule has 1 aliphatic rings. The average molecular weight is 442 g/mol. The highest BCUT2D eigenvalue weighted by Gasteiger charge is 2.30. The van der Waals surface area contributed by atoms with Crippen LogP contribution in [-0.4, -0.2) is 55.0 Å². The van der Waals surface area contributed by atoms with Crippen LogP contribution >= 0.6 is 0 Å². The Hall–Kier alpha value is -3.27. The molecule has 1 atom stereocenters. The van der Waals surface area contributed by atoms with E-state index in [9.17, 15) is 14.3 Å². The lowest BCUT2D eigenvalue weighted by molar-refractivity contribution is 0.0252. The van der Waals surface area contributed by atoms with Gasteiger partial charge in [-0.3, -0.25) is 4.79 Å². The summed E-state index contributed by atoms with van der Waals surface area (Å²) in [4.78, 5) is 21.7. The van der Waals surface area contributed by atoms with E-state index < -0.39 is 11.8 Å². The van der Waals surface area contributed by atoms with Crippen LogP contribution in [0, 0.1) is 5.92 Å². The summed E-state index contributed by atoms with van der Waals surface area (Å²) in [6.45, 7) is 5.59. The number of fused-ring (bicyclic) bond motifs is 1. The number of amides is 1. The second-order valence-corrected chi connectivity index (χ2v) is 8.86. The normalized spacial score (nSPS) is 19.3. The van der Waals surface area contributed by atoms with Gasteiger partial charge in [-0.2, -0.15) is 5.10 Å². The molecule has 0 saturated heterocycles. The Morgan fingerprint density at radius 3 is 2.84 bits per heavy atom. The summed E-state index contributed by atoms with van der Waals surface area (Å²) in [5.74, 6) is 0.638. The summed E-state index contributed by atoms with van der Waals surface area (Å²) < 4.78 is 15.0. The minimum atomic E-state index is -0.911. The van der Waals surface area contributed by atoms with Gasteiger partial charge < -0.3 is 21.1 Å². The Balaban J connectivity index is 1.53. The van der Waals surface area contributed by atoms with Crippen LogP contribution in [0.4, 0.5) is 21.7 Å². The molecule has 170 valence electrons. The standard InChI is InChI=1S/C22H28FN7O2/c1-13(22(2,3)32)11-25-21(31)16-12-24-19(10-17(16)27-15-8-14(23)9-15)28-18-5-7-30-20(29-18)4-6-26-30/h4-7,10,12-15,32H,8-9,11H2,1-3H3,(H,25,31)(H2,24,27,28,29)/t13-,14?,15?/m1/s1. The molecule has 0 aromatic carbocycles. The molecule has 1 amide bonds. The third-order valence-corrected chi connectivity index (χ3v) is 5.88. The third-order valence-electron chi connectivity index (χ3n) is 5.88. The molecule has 3 heterocycles. The SMILES string of the molecule is C[C@H](CNC(=O)c1cnc(Nc2ccn3nccc3n2)cc1NC1CC(F)C1)C(C)(C)O. The first-order valence-corrected chi connectivity index (χ1v) is 10.7. The van der Waals surface area contributed by atoms with Crippen LogP contribution in [0.15, 0.2) is 36.8 Å². The summed E-state index contributed by atoms with van der Waals surface area (Å²) in [5.41, 5.74) is 0.707. The number of hydrogen-bond donors (Lipinski definition) is 4. The Morgan fingerprint density at radius 2 is 2.12 bits per heavy atom. The number of carbonyl (C=O) groups excluding carboxylic acids is 1. The highest BCUT2D eigenvalue weighted by Crippen LogP contribution is 2.29. The Morgan fingerprint density at radius 1 is 1.34 bits per heavy atom. The van der Waals surface area contributed by atoms with Crippen molar-refractivity contribution in [3.8, 4) is 0 Å². The molecule has 32 heavy (non-hydrogen) atoms. The van der Waals surface area contributed by atoms with Crippen molar-refractivity contribution >= 4 is 28.9 Å². The number of carbonyl (C=O) groups is 1. The fourth-order valence-corrected chi connectivity index (χ4v) is 3.31. The molecule has 0 bridgehead atoms. The maximum absolute atomic E-state index is 13.3. The zero-order chi connectivity index (χ0) is 22.9. The number of rotatable bonds is 8. The van der Waals surface area contributed by atoms with Crippen molar-refractivity contribution in [2.75, 3.05) is 17.2 Å². The van der Waals surface area contributed by atoms with Gasteiger partial charge in [-0.15, -0.1) is 0 Å². The van der Waals surface area contributed by atoms with Gasteiger partial charge >= 0.3 is 0 Å². The quantitative estimate of drug-likeness (QED) is 0.425. The molecule has 0 aliphatic heterocycles. The second-order valence-electron chi connectivity index (χ2n) is 8.86. The van der Waals surface area contributed by atoms with Gasteiger partial charge in [0.2, 0.25) is 0 Å². The first-order valence-electron chi connectivity index (χ1n) is 10.7. The van der Waals surface area contributed by atoms with E-state index in [2.05, 4.69) is 31.0 Å². The van der Waals surface area contributed by atoms with Gasteiger partial charge in [0.1, 0.15) is 17.8 Å². The van der Waals surface area contributed by atoms with Gasteiger partial charge in [0.15, 0.2) is 5.65 Å². The van der Waals surface area contributed by atoms with Crippen LogP contribution in [0.5, 0.6) is 0 Å². The molecule has 10 heteroatoms. The van der Waals surface area contributed by atoms with Gasteiger partial charge in [0, 0.05) is 43.0 Å². The van der Waals surface area contributed by atoms with Crippen LogP contribution in [-0.2, 0) is 0 Å². The van der Waals surface area contributed by atoms with Gasteiger partial charge in [-0.05, 0) is 32.8 Å². The molecule has 4 rings (SSSR count). The Labute approximate surface area is 185 Å². The van der Waals surface area contributed by atoms with Crippen LogP contribution in [0.25, 0.3) is 5.65 Å². The minimum absolute atomic E-state index is 0.0385. The van der Waals surface area contributed by atoms with Crippen LogP contribution in [0.3, 0.4) is 0 Å². The van der Waals surface area contributed by atoms with E-state index in [0.29, 0.717) is 47.9 Å². The number of aromatic nitrogens is 4. The van der Waals surface area contributed by atoms with Gasteiger partial charge in [0.25, 0.3) is 5.91 Å². The predicted molar refractivity (Wildman–Crippen MR) is 120 cm³/mol. The molecule has 3 aromatic rings. The molecule has 1 fully saturated rings. The molecular weight excluding hydrogens is 413 g/mol. The lowest BCUT2D eigenvalue weighted by Gasteiger charge is -2.32. The number of aliphatic hydroxyl groups is 1. The highest BCUT2D eigenvalue weighted by molar-refractivity contribution is 5.99. The van der Waals surface area contributed by atoms with Crippen molar-refractivity contribution in [3.63, 3.8) is 0 Å². The number of alkyl halides is 1. The molecule has 0 unspecified atom stereocenters. The fourth-order valence-electron chi connectivity index (χ4n) is 3.31. The largest absolute Gasteiger partial charge is 0.390 e. The summed E-state index contributed by atoms with van der Waals surface area (Å²) >= 11 is 0. The number of hydrogen-bond acceptors (Lipinski definition) is 7. The predicted octanol–water partition coefficient (Wildman–Crippen LogP) is 2.92. The van der Waals surface area contributed by atoms with E-state index in [-0.39, 0.29) is 17.9 Å². The monoisotopic (exact) mass is 441 g/mol. The van der Waals surface area contributed by atoms with E-state index in [1.165, 1.54) is 6.20 Å². The zero-order valence-corrected chi connectivity index (χ0v) is 18.3. The van der Waals surface area contributed by atoms with Gasteiger partial charge in [-0.25, -0.2) is 18.9 Å². The molecule has 1 saturated carbocycles. The van der Waals surface area contributed by atoms with Crippen molar-refractivity contribution in [2.24, 2.45) is 5.92 Å². The van der Waals surface area contributed by atoms with Gasteiger partial charge in [-0.1, -0.05) is 6.92 Å². The maximum Gasteiger partial charge on any atom is 0.254 e. The first kappa shape index (κ1) is 21.9. The Bertz CT molecular complexity index is 1110.